The zero-order valence-electron chi connectivity index (χ0n) is 14.9. The van der Waals surface area contributed by atoms with Crippen molar-refractivity contribution in [2.45, 2.75) is 17.9 Å². The lowest BCUT2D eigenvalue weighted by atomic mass is 10.3. The number of guanidine groups is 1. The Morgan fingerprint density at radius 2 is 2.14 bits per heavy atom. The lowest BCUT2D eigenvalue weighted by Gasteiger charge is -2.17. The highest BCUT2D eigenvalue weighted by Gasteiger charge is 2.57. The number of aromatic nitrogens is 1. The van der Waals surface area contributed by atoms with Crippen molar-refractivity contribution >= 4 is 34.2 Å². The third-order valence-corrected chi connectivity index (χ3v) is 4.76. The summed E-state index contributed by atoms with van der Waals surface area (Å²) in [6, 6.07) is 0. The van der Waals surface area contributed by atoms with Crippen LogP contribution in [0.3, 0.4) is 0 Å². The molecular formula is C13H18F5N7O2S2. The maximum atomic E-state index is 12.8. The molecule has 1 aromatic rings. The molecule has 0 aliphatic carbocycles. The standard InChI is InChI=1S/C13H18F5N7O2S2/c1-20-9(4-25(26)27)21-2-3-28-5-8-6-29-11(23-8)24-10(19)22-7-12(14,15)13(16,17)18/h4,6,20-21H,2-3,5,7H2,1H3,(H3,19,22,23,24). The van der Waals surface area contributed by atoms with Crippen LogP contribution < -0.4 is 21.7 Å². The van der Waals surface area contributed by atoms with Gasteiger partial charge in [0.15, 0.2) is 16.9 Å². The molecule has 5 N–H and O–H groups in total. The van der Waals surface area contributed by atoms with Gasteiger partial charge in [-0.05, 0) is 0 Å². The molecule has 1 heterocycles. The second kappa shape index (κ2) is 11.0. The van der Waals surface area contributed by atoms with E-state index in [-0.39, 0.29) is 11.0 Å². The summed E-state index contributed by atoms with van der Waals surface area (Å²) >= 11 is 2.55. The van der Waals surface area contributed by atoms with Gasteiger partial charge in [0.05, 0.1) is 10.6 Å². The number of nitrogens with two attached hydrogens (primary N) is 1. The zero-order chi connectivity index (χ0) is 22.1. The molecule has 0 bridgehead atoms. The molecular weight excluding hydrogens is 445 g/mol. The number of halogens is 5. The molecule has 29 heavy (non-hydrogen) atoms. The van der Waals surface area contributed by atoms with Crippen molar-refractivity contribution < 1.29 is 26.9 Å². The van der Waals surface area contributed by atoms with E-state index in [1.165, 1.54) is 11.8 Å². The van der Waals surface area contributed by atoms with Crippen LogP contribution >= 0.6 is 23.1 Å². The maximum Gasteiger partial charge on any atom is 0.455 e. The molecule has 0 saturated heterocycles. The van der Waals surface area contributed by atoms with Gasteiger partial charge >= 0.3 is 12.1 Å². The van der Waals surface area contributed by atoms with Crippen LogP contribution in [-0.4, -0.2) is 53.9 Å². The average Bonchev–Trinajstić information content (AvgIpc) is 3.04. The summed E-state index contributed by atoms with van der Waals surface area (Å²) in [5, 5.41) is 20.1. The highest BCUT2D eigenvalue weighted by Crippen LogP contribution is 2.35. The monoisotopic (exact) mass is 463 g/mol. The molecule has 0 unspecified atom stereocenters. The average molecular weight is 463 g/mol. The number of thiazole rings is 1. The van der Waals surface area contributed by atoms with Gasteiger partial charge < -0.3 is 21.7 Å². The lowest BCUT2D eigenvalue weighted by Crippen LogP contribution is -2.40. The number of thioether (sulfide) groups is 1. The molecule has 0 radical (unpaired) electrons. The quantitative estimate of drug-likeness (QED) is 0.0981. The van der Waals surface area contributed by atoms with Gasteiger partial charge in [-0.15, -0.1) is 11.3 Å². The van der Waals surface area contributed by atoms with E-state index in [0.717, 1.165) is 17.5 Å². The molecule has 0 spiro atoms. The first kappa shape index (κ1) is 24.7. The second-order valence-corrected chi connectivity index (χ2v) is 7.19. The Kier molecular flexibility index (Phi) is 9.35. The molecule has 0 atom stereocenters. The van der Waals surface area contributed by atoms with Crippen molar-refractivity contribution in [1.82, 2.24) is 15.6 Å². The van der Waals surface area contributed by atoms with Crippen LogP contribution in [0.15, 0.2) is 22.4 Å². The van der Waals surface area contributed by atoms with Gasteiger partial charge in [-0.3, -0.25) is 10.1 Å². The normalized spacial score (nSPS) is 13.3. The molecule has 0 amide bonds. The summed E-state index contributed by atoms with van der Waals surface area (Å²) in [6.45, 7) is -1.37. The number of alkyl halides is 5. The van der Waals surface area contributed by atoms with Crippen LogP contribution in [0.25, 0.3) is 0 Å². The number of aliphatic imine (C=N–C) groups is 1. The molecule has 0 fully saturated rings. The lowest BCUT2D eigenvalue weighted by molar-refractivity contribution is -0.404. The number of nitro groups is 1. The number of nitrogens with one attached hydrogen (secondary N) is 3. The summed E-state index contributed by atoms with van der Waals surface area (Å²) in [7, 11) is 1.54. The van der Waals surface area contributed by atoms with Gasteiger partial charge in [0, 0.05) is 30.5 Å². The fraction of sp³-hybridized carbons (Fsp3) is 0.538. The summed E-state index contributed by atoms with van der Waals surface area (Å²) in [5.74, 6) is -4.23. The zero-order valence-corrected chi connectivity index (χ0v) is 16.6. The van der Waals surface area contributed by atoms with Crippen molar-refractivity contribution in [2.24, 2.45) is 10.7 Å². The summed E-state index contributed by atoms with van der Waals surface area (Å²) in [4.78, 5) is 16.9. The first-order valence-corrected chi connectivity index (χ1v) is 9.78. The predicted molar refractivity (Wildman–Crippen MR) is 102 cm³/mol. The molecule has 0 saturated carbocycles. The van der Waals surface area contributed by atoms with Crippen LogP contribution in [0.4, 0.5) is 27.1 Å². The highest BCUT2D eigenvalue weighted by molar-refractivity contribution is 7.98. The third kappa shape index (κ3) is 9.12. The number of hydrogen-bond acceptors (Lipinski definition) is 8. The Balaban J connectivity index is 2.41. The number of nitrogens with zero attached hydrogens (tertiary/aromatic N) is 3. The third-order valence-electron chi connectivity index (χ3n) is 2.97. The Morgan fingerprint density at radius 1 is 1.45 bits per heavy atom. The molecule has 0 aliphatic heterocycles. The van der Waals surface area contributed by atoms with E-state index in [1.807, 2.05) is 0 Å². The van der Waals surface area contributed by atoms with Crippen LogP contribution in [0.1, 0.15) is 5.69 Å². The minimum absolute atomic E-state index is 0.196. The van der Waals surface area contributed by atoms with E-state index in [4.69, 9.17) is 5.73 Å². The van der Waals surface area contributed by atoms with Gasteiger partial charge in [0.1, 0.15) is 6.54 Å². The van der Waals surface area contributed by atoms with Crippen LogP contribution in [0.5, 0.6) is 0 Å². The molecule has 1 aromatic heterocycles. The first-order chi connectivity index (χ1) is 13.4. The van der Waals surface area contributed by atoms with Crippen molar-refractivity contribution in [1.29, 1.82) is 0 Å². The largest absolute Gasteiger partial charge is 0.455 e. The molecule has 16 heteroatoms. The molecule has 9 nitrogen and oxygen atoms in total. The summed E-state index contributed by atoms with van der Waals surface area (Å²) in [6.07, 6.45) is -4.90. The second-order valence-electron chi connectivity index (χ2n) is 5.23. The Bertz CT molecular complexity index is 739. The van der Waals surface area contributed by atoms with E-state index in [0.29, 0.717) is 23.7 Å². The van der Waals surface area contributed by atoms with E-state index in [9.17, 15) is 32.1 Å². The fourth-order valence-electron chi connectivity index (χ4n) is 1.59. The molecule has 0 aliphatic rings. The van der Waals surface area contributed by atoms with Crippen LogP contribution in [-0.2, 0) is 5.75 Å². The van der Waals surface area contributed by atoms with Crippen molar-refractivity contribution in [3.05, 3.63) is 33.2 Å². The smallest absolute Gasteiger partial charge is 0.370 e. The van der Waals surface area contributed by atoms with Crippen molar-refractivity contribution in [3.8, 4) is 0 Å². The van der Waals surface area contributed by atoms with E-state index >= 15 is 0 Å². The maximum absolute atomic E-state index is 12.8. The van der Waals surface area contributed by atoms with E-state index < -0.39 is 29.5 Å². The Hall–Kier alpha value is -2.36. The SMILES string of the molecule is CNC(=C[N+](=O)[O-])NCCSCc1csc(NC(N)=NCC(F)(F)C(F)(F)F)n1. The minimum Gasteiger partial charge on any atom is -0.370 e. The Morgan fingerprint density at radius 3 is 2.72 bits per heavy atom. The van der Waals surface area contributed by atoms with Gasteiger partial charge in [-0.25, -0.2) is 9.98 Å². The van der Waals surface area contributed by atoms with Gasteiger partial charge in [0.2, 0.25) is 0 Å². The first-order valence-electron chi connectivity index (χ1n) is 7.75. The van der Waals surface area contributed by atoms with Gasteiger partial charge in [0.25, 0.3) is 6.20 Å². The van der Waals surface area contributed by atoms with Crippen molar-refractivity contribution in [2.75, 3.05) is 31.2 Å². The molecule has 1 rings (SSSR count). The van der Waals surface area contributed by atoms with Gasteiger partial charge in [-0.2, -0.15) is 33.7 Å². The van der Waals surface area contributed by atoms with E-state index in [2.05, 4.69) is 25.9 Å². The number of hydrogen-bond donors (Lipinski definition) is 4. The fourth-order valence-corrected chi connectivity index (χ4v) is 3.16. The summed E-state index contributed by atoms with van der Waals surface area (Å²) < 4.78 is 61.8. The van der Waals surface area contributed by atoms with Crippen molar-refractivity contribution in [3.63, 3.8) is 0 Å². The topological polar surface area (TPSA) is 130 Å². The van der Waals surface area contributed by atoms with Crippen LogP contribution in [0.2, 0.25) is 0 Å². The number of anilines is 1. The summed E-state index contributed by atoms with van der Waals surface area (Å²) in [5.41, 5.74) is 5.94. The minimum atomic E-state index is -5.70. The van der Waals surface area contributed by atoms with E-state index in [1.54, 1.807) is 12.4 Å². The highest BCUT2D eigenvalue weighted by atomic mass is 32.2. The Labute approximate surface area is 170 Å². The molecule has 164 valence electrons. The van der Waals surface area contributed by atoms with Gasteiger partial charge in [-0.1, -0.05) is 0 Å². The predicted octanol–water partition coefficient (Wildman–Crippen LogP) is 2.19. The number of rotatable bonds is 11. The molecule has 0 aromatic carbocycles. The van der Waals surface area contributed by atoms with Crippen LogP contribution in [0, 0.1) is 10.1 Å².